The van der Waals surface area contributed by atoms with Crippen molar-refractivity contribution in [3.05, 3.63) is 57.5 Å². The number of benzene rings is 1. The number of ether oxygens (including phenoxy) is 1. The van der Waals surface area contributed by atoms with Gasteiger partial charge in [0.15, 0.2) is 9.84 Å². The minimum Gasteiger partial charge on any atom is -0.403 e. The summed E-state index contributed by atoms with van der Waals surface area (Å²) >= 11 is 6.19. The number of halogens is 1. The number of carbonyl (C=O) groups is 2. The molecule has 0 bridgehead atoms. The van der Waals surface area contributed by atoms with Gasteiger partial charge < -0.3 is 4.74 Å². The molecule has 30 heavy (non-hydrogen) atoms. The first-order valence-corrected chi connectivity index (χ1v) is 11.0. The van der Waals surface area contributed by atoms with E-state index in [1.165, 1.54) is 40.8 Å². The van der Waals surface area contributed by atoms with Crippen molar-refractivity contribution in [2.45, 2.75) is 18.7 Å². The van der Waals surface area contributed by atoms with E-state index >= 15 is 0 Å². The van der Waals surface area contributed by atoms with Gasteiger partial charge in [-0.15, -0.1) is 0 Å². The van der Waals surface area contributed by atoms with Gasteiger partial charge in [-0.2, -0.15) is 10.2 Å². The zero-order valence-electron chi connectivity index (χ0n) is 16.9. The molecule has 3 aromatic rings. The molecule has 0 aliphatic heterocycles. The summed E-state index contributed by atoms with van der Waals surface area (Å²) in [4.78, 5) is 25.8. The van der Waals surface area contributed by atoms with Gasteiger partial charge >= 0.3 is 5.97 Å². The molecule has 0 radical (unpaired) electrons. The number of aromatic nitrogens is 4. The molecule has 0 saturated heterocycles. The molecule has 158 valence electrons. The van der Waals surface area contributed by atoms with E-state index < -0.39 is 21.6 Å². The fourth-order valence-electron chi connectivity index (χ4n) is 3.00. The highest BCUT2D eigenvalue weighted by molar-refractivity contribution is 7.90. The molecule has 2 aromatic heterocycles. The van der Waals surface area contributed by atoms with Crippen LogP contribution in [0.25, 0.3) is 0 Å². The fourth-order valence-corrected chi connectivity index (χ4v) is 3.98. The number of carbonyl (C=O) groups excluding carboxylic acids is 2. The number of hydrogen-bond donors (Lipinski definition) is 0. The van der Waals surface area contributed by atoms with Crippen LogP contribution in [-0.2, 0) is 23.9 Å². The van der Waals surface area contributed by atoms with E-state index in [1.54, 1.807) is 20.9 Å². The molecular weight excluding hydrogens is 432 g/mol. The van der Waals surface area contributed by atoms with Crippen LogP contribution in [0.5, 0.6) is 5.88 Å². The molecule has 9 nitrogen and oxygen atoms in total. The standard InChI is InChI=1S/C19H19ClN4O5S/c1-10-14(9-23(3)21-10)19(26)29-18-16(11(2)22-24(18)4)17(25)13-7-6-12(8-15(13)20)30(5,27)28/h6-9H,1-5H3. The highest BCUT2D eigenvalue weighted by Crippen LogP contribution is 2.29. The van der Waals surface area contributed by atoms with Gasteiger partial charge in [-0.25, -0.2) is 17.9 Å². The molecule has 0 unspecified atom stereocenters. The summed E-state index contributed by atoms with van der Waals surface area (Å²) in [5, 5.41) is 8.25. The van der Waals surface area contributed by atoms with E-state index in [-0.39, 0.29) is 32.5 Å². The van der Waals surface area contributed by atoms with Gasteiger partial charge in [-0.1, -0.05) is 11.6 Å². The predicted molar refractivity (Wildman–Crippen MR) is 109 cm³/mol. The van der Waals surface area contributed by atoms with Crippen LogP contribution in [0.1, 0.15) is 37.7 Å². The quantitative estimate of drug-likeness (QED) is 0.432. The molecule has 0 aliphatic rings. The van der Waals surface area contributed by atoms with Crippen LogP contribution in [-0.4, -0.2) is 46.0 Å². The number of nitrogens with zero attached hydrogens (tertiary/aromatic N) is 4. The van der Waals surface area contributed by atoms with Crippen LogP contribution in [0, 0.1) is 13.8 Å². The molecule has 0 fully saturated rings. The lowest BCUT2D eigenvalue weighted by molar-refractivity contribution is 0.0717. The van der Waals surface area contributed by atoms with Crippen LogP contribution in [0.2, 0.25) is 5.02 Å². The highest BCUT2D eigenvalue weighted by Gasteiger charge is 2.28. The normalized spacial score (nSPS) is 11.5. The monoisotopic (exact) mass is 450 g/mol. The molecule has 3 rings (SSSR count). The molecular formula is C19H19ClN4O5S. The Labute approximate surface area is 178 Å². The lowest BCUT2D eigenvalue weighted by Gasteiger charge is -2.09. The van der Waals surface area contributed by atoms with Crippen LogP contribution < -0.4 is 4.74 Å². The molecule has 0 saturated carbocycles. The van der Waals surface area contributed by atoms with Gasteiger partial charge in [0.2, 0.25) is 11.7 Å². The van der Waals surface area contributed by atoms with Crippen molar-refractivity contribution in [2.24, 2.45) is 14.1 Å². The maximum Gasteiger partial charge on any atom is 0.348 e. The zero-order chi connectivity index (χ0) is 22.4. The van der Waals surface area contributed by atoms with Crippen LogP contribution in [0.15, 0.2) is 29.3 Å². The van der Waals surface area contributed by atoms with Crippen molar-refractivity contribution in [3.63, 3.8) is 0 Å². The van der Waals surface area contributed by atoms with E-state index in [9.17, 15) is 18.0 Å². The van der Waals surface area contributed by atoms with E-state index in [0.29, 0.717) is 11.4 Å². The highest BCUT2D eigenvalue weighted by atomic mass is 35.5. The van der Waals surface area contributed by atoms with Gasteiger partial charge in [0, 0.05) is 32.1 Å². The van der Waals surface area contributed by atoms with Crippen molar-refractivity contribution in [3.8, 4) is 5.88 Å². The molecule has 0 aliphatic carbocycles. The number of sulfone groups is 1. The van der Waals surface area contributed by atoms with E-state index in [4.69, 9.17) is 16.3 Å². The Kier molecular flexibility index (Phi) is 5.57. The first kappa shape index (κ1) is 21.7. The second kappa shape index (κ2) is 7.69. The van der Waals surface area contributed by atoms with Crippen molar-refractivity contribution < 1.29 is 22.7 Å². The van der Waals surface area contributed by atoms with Crippen molar-refractivity contribution in [1.29, 1.82) is 0 Å². The molecule has 0 amide bonds. The topological polar surface area (TPSA) is 113 Å². The molecule has 0 N–H and O–H groups in total. The largest absolute Gasteiger partial charge is 0.403 e. The van der Waals surface area contributed by atoms with E-state index in [0.717, 1.165) is 6.26 Å². The Morgan fingerprint density at radius 2 is 1.73 bits per heavy atom. The zero-order valence-corrected chi connectivity index (χ0v) is 18.5. The Morgan fingerprint density at radius 3 is 2.27 bits per heavy atom. The fraction of sp³-hybridized carbons (Fsp3) is 0.263. The summed E-state index contributed by atoms with van der Waals surface area (Å²) in [6.45, 7) is 3.26. The number of aryl methyl sites for hydroxylation is 4. The first-order chi connectivity index (χ1) is 13.9. The van der Waals surface area contributed by atoms with Gasteiger partial charge in [-0.3, -0.25) is 9.48 Å². The number of esters is 1. The van der Waals surface area contributed by atoms with Crippen molar-refractivity contribution in [2.75, 3.05) is 6.26 Å². The van der Waals surface area contributed by atoms with Crippen LogP contribution >= 0.6 is 11.6 Å². The van der Waals surface area contributed by atoms with Crippen LogP contribution in [0.3, 0.4) is 0 Å². The SMILES string of the molecule is Cc1nn(C)cc1C(=O)Oc1c(C(=O)c2ccc(S(C)(=O)=O)cc2Cl)c(C)nn1C. The summed E-state index contributed by atoms with van der Waals surface area (Å²) in [5.41, 5.74) is 1.19. The Bertz CT molecular complexity index is 1290. The molecule has 0 spiro atoms. The second-order valence-corrected chi connectivity index (χ2v) is 9.25. The minimum atomic E-state index is -3.48. The summed E-state index contributed by atoms with van der Waals surface area (Å²) in [5.74, 6) is -1.28. The summed E-state index contributed by atoms with van der Waals surface area (Å²) in [6, 6.07) is 3.83. The van der Waals surface area contributed by atoms with Gasteiger partial charge in [0.25, 0.3) is 0 Å². The van der Waals surface area contributed by atoms with E-state index in [1.807, 2.05) is 0 Å². The first-order valence-electron chi connectivity index (χ1n) is 8.70. The molecule has 2 heterocycles. The van der Waals surface area contributed by atoms with E-state index in [2.05, 4.69) is 10.2 Å². The Hall–Kier alpha value is -2.98. The smallest absolute Gasteiger partial charge is 0.348 e. The Morgan fingerprint density at radius 1 is 1.07 bits per heavy atom. The van der Waals surface area contributed by atoms with Crippen molar-refractivity contribution >= 4 is 33.2 Å². The van der Waals surface area contributed by atoms with Gasteiger partial charge in [-0.05, 0) is 32.0 Å². The molecule has 1 aromatic carbocycles. The van der Waals surface area contributed by atoms with Crippen LogP contribution in [0.4, 0.5) is 0 Å². The molecule has 11 heteroatoms. The summed E-state index contributed by atoms with van der Waals surface area (Å²) in [6.07, 6.45) is 2.56. The average molecular weight is 451 g/mol. The lowest BCUT2D eigenvalue weighted by Crippen LogP contribution is -2.14. The molecule has 0 atom stereocenters. The maximum atomic E-state index is 13.2. The Balaban J connectivity index is 2.02. The number of ketones is 1. The third-order valence-electron chi connectivity index (χ3n) is 4.43. The van der Waals surface area contributed by atoms with Gasteiger partial charge in [0.05, 0.1) is 21.3 Å². The average Bonchev–Trinajstić information content (AvgIpc) is 3.11. The maximum absolute atomic E-state index is 13.2. The number of rotatable bonds is 5. The second-order valence-electron chi connectivity index (χ2n) is 6.82. The summed E-state index contributed by atoms with van der Waals surface area (Å²) < 4.78 is 31.7. The minimum absolute atomic E-state index is 0.00865. The lowest BCUT2D eigenvalue weighted by atomic mass is 10.0. The number of hydrogen-bond acceptors (Lipinski definition) is 7. The van der Waals surface area contributed by atoms with Crippen molar-refractivity contribution in [1.82, 2.24) is 19.6 Å². The summed E-state index contributed by atoms with van der Waals surface area (Å²) in [7, 11) is -0.268. The third-order valence-corrected chi connectivity index (χ3v) is 5.86. The third kappa shape index (κ3) is 4.01. The predicted octanol–water partition coefficient (Wildman–Crippen LogP) is 2.28. The van der Waals surface area contributed by atoms with Gasteiger partial charge in [0.1, 0.15) is 11.1 Å².